The minimum absolute atomic E-state index is 0.461. The molecule has 4 aromatic rings. The number of hydrogen-bond donors (Lipinski definition) is 2. The number of hydrogen-bond acceptors (Lipinski definition) is 4. The Kier molecular flexibility index (Phi) is 3.27. The molecule has 0 bridgehead atoms. The minimum Gasteiger partial charge on any atom is -0.339 e. The lowest BCUT2D eigenvalue weighted by atomic mass is 10.1. The van der Waals surface area contributed by atoms with Crippen molar-refractivity contribution in [3.63, 3.8) is 0 Å². The van der Waals surface area contributed by atoms with Crippen LogP contribution in [-0.4, -0.2) is 42.6 Å². The Bertz CT molecular complexity index is 1110. The third-order valence-corrected chi connectivity index (χ3v) is 5.30. The van der Waals surface area contributed by atoms with Crippen LogP contribution in [0.1, 0.15) is 23.0 Å². The van der Waals surface area contributed by atoms with Crippen molar-refractivity contribution in [3.8, 4) is 16.9 Å². The van der Waals surface area contributed by atoms with Crippen LogP contribution >= 0.6 is 0 Å². The third kappa shape index (κ3) is 2.28. The molecule has 7 heteroatoms. The summed E-state index contributed by atoms with van der Waals surface area (Å²) in [6, 6.07) is 4.73. The van der Waals surface area contributed by atoms with Crippen LogP contribution in [0.3, 0.4) is 0 Å². The second-order valence-electron chi connectivity index (χ2n) is 7.06. The zero-order valence-electron chi connectivity index (χ0n) is 15.1. The first-order valence-electron chi connectivity index (χ1n) is 8.87. The molecule has 2 N–H and O–H groups in total. The highest BCUT2D eigenvalue weighted by Gasteiger charge is 2.21. The highest BCUT2D eigenvalue weighted by Crippen LogP contribution is 2.28. The Morgan fingerprint density at radius 2 is 1.96 bits per heavy atom. The molecule has 0 unspecified atom stereocenters. The van der Waals surface area contributed by atoms with E-state index in [4.69, 9.17) is 0 Å². The Hall–Kier alpha value is -2.93. The summed E-state index contributed by atoms with van der Waals surface area (Å²) in [7, 11) is 0. The average molecular weight is 347 g/mol. The van der Waals surface area contributed by atoms with E-state index in [9.17, 15) is 0 Å². The molecule has 0 aliphatic carbocycles. The zero-order valence-corrected chi connectivity index (χ0v) is 15.1. The van der Waals surface area contributed by atoms with Crippen molar-refractivity contribution in [2.75, 3.05) is 13.1 Å². The molecule has 1 saturated heterocycles. The number of fused-ring (bicyclic) bond motifs is 1. The zero-order chi connectivity index (χ0) is 17.8. The normalized spacial score (nSPS) is 14.9. The predicted octanol–water partition coefficient (Wildman–Crippen LogP) is 2.68. The SMILES string of the molecule is Cc1cnn(-c2cnc3[nH]c(-c4cn(C5CNC5)nc4C)cc3c2)c1C. The number of pyridine rings is 1. The van der Waals surface area contributed by atoms with Crippen molar-refractivity contribution < 1.29 is 0 Å². The van der Waals surface area contributed by atoms with Gasteiger partial charge >= 0.3 is 0 Å². The second kappa shape index (κ2) is 5.54. The maximum Gasteiger partial charge on any atom is 0.137 e. The summed E-state index contributed by atoms with van der Waals surface area (Å²) in [6.45, 7) is 8.17. The lowest BCUT2D eigenvalue weighted by Crippen LogP contribution is -2.43. The van der Waals surface area contributed by atoms with Gasteiger partial charge in [-0.3, -0.25) is 4.68 Å². The van der Waals surface area contributed by atoms with Gasteiger partial charge in [0.1, 0.15) is 5.65 Å². The van der Waals surface area contributed by atoms with E-state index >= 15 is 0 Å². The summed E-state index contributed by atoms with van der Waals surface area (Å²) in [5, 5.41) is 13.5. The molecule has 4 aromatic heterocycles. The van der Waals surface area contributed by atoms with E-state index in [-0.39, 0.29) is 0 Å². The molecule has 1 aliphatic rings. The molecule has 132 valence electrons. The maximum absolute atomic E-state index is 4.68. The lowest BCUT2D eigenvalue weighted by molar-refractivity contribution is 0.317. The topological polar surface area (TPSA) is 76.3 Å². The number of rotatable bonds is 3. The average Bonchev–Trinajstić information content (AvgIpc) is 3.24. The maximum atomic E-state index is 4.68. The fourth-order valence-electron chi connectivity index (χ4n) is 3.41. The number of H-pyrrole nitrogens is 1. The van der Waals surface area contributed by atoms with Crippen molar-refractivity contribution in [2.24, 2.45) is 0 Å². The quantitative estimate of drug-likeness (QED) is 0.597. The number of aromatic nitrogens is 6. The molecule has 7 nitrogen and oxygen atoms in total. The molecule has 0 aromatic carbocycles. The van der Waals surface area contributed by atoms with Crippen LogP contribution in [0.25, 0.3) is 28.0 Å². The van der Waals surface area contributed by atoms with Crippen LogP contribution in [0.5, 0.6) is 0 Å². The number of nitrogens with zero attached hydrogens (tertiary/aromatic N) is 5. The van der Waals surface area contributed by atoms with Gasteiger partial charge in [0.15, 0.2) is 0 Å². The van der Waals surface area contributed by atoms with Gasteiger partial charge in [-0.2, -0.15) is 10.2 Å². The summed E-state index contributed by atoms with van der Waals surface area (Å²) in [5.41, 5.74) is 7.37. The Morgan fingerprint density at radius 1 is 1.12 bits per heavy atom. The van der Waals surface area contributed by atoms with Gasteiger partial charge in [0.2, 0.25) is 0 Å². The first kappa shape index (κ1) is 15.3. The van der Waals surface area contributed by atoms with Crippen LogP contribution in [0.2, 0.25) is 0 Å². The lowest BCUT2D eigenvalue weighted by Gasteiger charge is -2.27. The fourth-order valence-corrected chi connectivity index (χ4v) is 3.41. The number of aryl methyl sites for hydroxylation is 2. The Balaban J connectivity index is 1.56. The standard InChI is InChI=1S/C19H21N7/c1-11-6-22-26(13(11)3)15-4-14-5-18(23-19(14)21-9-15)17-10-25(24-12(17)2)16-7-20-8-16/h4-6,9-10,16,20H,7-8H2,1-3H3,(H,21,23). The van der Waals surface area contributed by atoms with Crippen molar-refractivity contribution in [1.82, 2.24) is 34.8 Å². The van der Waals surface area contributed by atoms with Crippen LogP contribution < -0.4 is 5.32 Å². The van der Waals surface area contributed by atoms with E-state index in [1.54, 1.807) is 0 Å². The summed E-state index contributed by atoms with van der Waals surface area (Å²) >= 11 is 0. The van der Waals surface area contributed by atoms with E-state index in [1.165, 1.54) is 5.56 Å². The van der Waals surface area contributed by atoms with Gasteiger partial charge in [0.25, 0.3) is 0 Å². The first-order valence-corrected chi connectivity index (χ1v) is 8.87. The minimum atomic E-state index is 0.461. The Morgan fingerprint density at radius 3 is 2.65 bits per heavy atom. The molecule has 0 radical (unpaired) electrons. The molecule has 0 amide bonds. The van der Waals surface area contributed by atoms with E-state index in [0.29, 0.717) is 6.04 Å². The van der Waals surface area contributed by atoms with Gasteiger partial charge in [-0.05, 0) is 38.5 Å². The van der Waals surface area contributed by atoms with E-state index in [1.807, 2.05) is 17.1 Å². The molecular formula is C19H21N7. The van der Waals surface area contributed by atoms with Crippen molar-refractivity contribution >= 4 is 11.0 Å². The number of aromatic amines is 1. The van der Waals surface area contributed by atoms with Crippen molar-refractivity contribution in [3.05, 3.63) is 47.7 Å². The monoisotopic (exact) mass is 347 g/mol. The molecule has 1 fully saturated rings. The summed E-state index contributed by atoms with van der Waals surface area (Å²) in [4.78, 5) is 8.03. The van der Waals surface area contributed by atoms with Crippen LogP contribution in [-0.2, 0) is 0 Å². The number of nitrogens with one attached hydrogen (secondary N) is 2. The molecule has 1 aliphatic heterocycles. The van der Waals surface area contributed by atoms with Gasteiger partial charge < -0.3 is 10.3 Å². The Labute approximate surface area is 151 Å². The van der Waals surface area contributed by atoms with Crippen molar-refractivity contribution in [2.45, 2.75) is 26.8 Å². The second-order valence-corrected chi connectivity index (χ2v) is 7.06. The molecule has 0 atom stereocenters. The highest BCUT2D eigenvalue weighted by molar-refractivity contribution is 5.84. The van der Waals surface area contributed by atoms with Gasteiger partial charge in [0, 0.05) is 35.9 Å². The van der Waals surface area contributed by atoms with E-state index in [0.717, 1.165) is 52.5 Å². The third-order valence-electron chi connectivity index (χ3n) is 5.30. The van der Waals surface area contributed by atoms with Gasteiger partial charge in [-0.25, -0.2) is 9.67 Å². The van der Waals surface area contributed by atoms with Crippen LogP contribution in [0, 0.1) is 20.8 Å². The van der Waals surface area contributed by atoms with Gasteiger partial charge in [-0.1, -0.05) is 0 Å². The van der Waals surface area contributed by atoms with Crippen LogP contribution in [0.4, 0.5) is 0 Å². The van der Waals surface area contributed by atoms with E-state index in [2.05, 4.69) is 69.3 Å². The van der Waals surface area contributed by atoms with Crippen LogP contribution in [0.15, 0.2) is 30.7 Å². The highest BCUT2D eigenvalue weighted by atomic mass is 15.3. The van der Waals surface area contributed by atoms with Crippen molar-refractivity contribution in [1.29, 1.82) is 0 Å². The smallest absolute Gasteiger partial charge is 0.137 e. The largest absolute Gasteiger partial charge is 0.339 e. The molecule has 5 rings (SSSR count). The summed E-state index contributed by atoms with van der Waals surface area (Å²) in [5.74, 6) is 0. The molecule has 0 spiro atoms. The molecule has 26 heavy (non-hydrogen) atoms. The molecule has 5 heterocycles. The molecule has 0 saturated carbocycles. The first-order chi connectivity index (χ1) is 12.6. The van der Waals surface area contributed by atoms with Gasteiger partial charge in [0.05, 0.1) is 35.5 Å². The summed E-state index contributed by atoms with van der Waals surface area (Å²) in [6.07, 6.45) is 5.88. The molecular weight excluding hydrogens is 326 g/mol. The van der Waals surface area contributed by atoms with E-state index < -0.39 is 0 Å². The summed E-state index contributed by atoms with van der Waals surface area (Å²) < 4.78 is 4.00. The predicted molar refractivity (Wildman–Crippen MR) is 101 cm³/mol. The van der Waals surface area contributed by atoms with Gasteiger partial charge in [-0.15, -0.1) is 0 Å². The fraction of sp³-hybridized carbons (Fsp3) is 0.316.